The number of rotatable bonds is 1. The van der Waals surface area contributed by atoms with E-state index in [9.17, 15) is 9.59 Å². The molecule has 0 unspecified atom stereocenters. The lowest BCUT2D eigenvalue weighted by Gasteiger charge is -2.24. The number of carbonyl (C=O) groups is 2. The van der Waals surface area contributed by atoms with Gasteiger partial charge in [0, 0.05) is 13.0 Å². The molecule has 140 valence electrons. The highest BCUT2D eigenvalue weighted by Gasteiger charge is 2.47. The van der Waals surface area contributed by atoms with Gasteiger partial charge in [-0.3, -0.25) is 14.9 Å². The molecule has 3 aliphatic heterocycles. The van der Waals surface area contributed by atoms with Gasteiger partial charge < -0.3 is 14.4 Å². The second kappa shape index (κ2) is 6.40. The second-order valence-corrected chi connectivity index (χ2v) is 8.15. The van der Waals surface area contributed by atoms with Crippen LogP contribution in [-0.4, -0.2) is 41.4 Å². The third-order valence-electron chi connectivity index (χ3n) is 5.44. The number of nitrogens with zero attached hydrogens (tertiary/aromatic N) is 2. The fraction of sp³-hybridized carbons (Fsp3) is 0.421. The molecule has 1 aromatic carbocycles. The summed E-state index contributed by atoms with van der Waals surface area (Å²) in [5.41, 5.74) is 2.76. The largest absolute Gasteiger partial charge is 0.375 e. The summed E-state index contributed by atoms with van der Waals surface area (Å²) in [6.45, 7) is 2.61. The number of amides is 2. The molecule has 0 saturated carbocycles. The second-order valence-electron chi connectivity index (χ2n) is 7.06. The van der Waals surface area contributed by atoms with Crippen molar-refractivity contribution in [2.75, 3.05) is 25.0 Å². The summed E-state index contributed by atoms with van der Waals surface area (Å²) in [6.07, 6.45) is 1.44. The molecule has 0 radical (unpaired) electrons. The van der Waals surface area contributed by atoms with Gasteiger partial charge in [-0.05, 0) is 17.5 Å². The van der Waals surface area contributed by atoms with Crippen LogP contribution >= 0.6 is 11.3 Å². The molecule has 2 aromatic rings. The molecular formula is C19H19N3O4S. The summed E-state index contributed by atoms with van der Waals surface area (Å²) in [5.74, 6) is -1.19. The Hall–Kier alpha value is -2.29. The Bertz CT molecular complexity index is 904. The molecule has 1 N–H and O–H groups in total. The lowest BCUT2D eigenvalue weighted by Crippen LogP contribution is -2.40. The van der Waals surface area contributed by atoms with E-state index in [2.05, 4.69) is 22.4 Å². The average molecular weight is 385 g/mol. The molecule has 4 heterocycles. The van der Waals surface area contributed by atoms with Gasteiger partial charge in [0.05, 0.1) is 36.9 Å². The monoisotopic (exact) mass is 385 g/mol. The first-order valence-corrected chi connectivity index (χ1v) is 9.85. The number of likely N-dealkylation sites (tertiary alicyclic amines) is 1. The smallest absolute Gasteiger partial charge is 0.315 e. The summed E-state index contributed by atoms with van der Waals surface area (Å²) in [5, 5.41) is 3.11. The van der Waals surface area contributed by atoms with Crippen LogP contribution in [0.1, 0.15) is 28.1 Å². The SMILES string of the molecule is O=C(Nc1nc2c(s1)COCC2)C(=O)N1CC[C@@]2(C1)OCc1ccccc12. The molecular weight excluding hydrogens is 366 g/mol. The minimum absolute atomic E-state index is 0.401. The van der Waals surface area contributed by atoms with Crippen molar-refractivity contribution in [1.29, 1.82) is 0 Å². The first-order valence-electron chi connectivity index (χ1n) is 9.04. The number of ether oxygens (including phenoxy) is 2. The number of hydrogen-bond acceptors (Lipinski definition) is 6. The average Bonchev–Trinajstić information content (AvgIpc) is 3.39. The van der Waals surface area contributed by atoms with Gasteiger partial charge in [0.1, 0.15) is 5.60 Å². The number of nitrogens with one attached hydrogen (secondary N) is 1. The maximum absolute atomic E-state index is 12.7. The van der Waals surface area contributed by atoms with Gasteiger partial charge in [-0.1, -0.05) is 35.6 Å². The molecule has 1 atom stereocenters. The van der Waals surface area contributed by atoms with Gasteiger partial charge >= 0.3 is 11.8 Å². The van der Waals surface area contributed by atoms with Crippen LogP contribution in [0.15, 0.2) is 24.3 Å². The normalized spacial score (nSPS) is 23.3. The topological polar surface area (TPSA) is 80.8 Å². The molecule has 3 aliphatic rings. The number of thiazole rings is 1. The minimum Gasteiger partial charge on any atom is -0.375 e. The first kappa shape index (κ1) is 16.9. The summed E-state index contributed by atoms with van der Waals surface area (Å²) < 4.78 is 11.4. The summed E-state index contributed by atoms with van der Waals surface area (Å²) >= 11 is 1.37. The zero-order valence-electron chi connectivity index (χ0n) is 14.7. The van der Waals surface area contributed by atoms with E-state index in [1.54, 1.807) is 4.90 Å². The molecule has 1 aromatic heterocycles. The number of fused-ring (bicyclic) bond motifs is 3. The highest BCUT2D eigenvalue weighted by atomic mass is 32.1. The van der Waals surface area contributed by atoms with Crippen LogP contribution in [0, 0.1) is 0 Å². The van der Waals surface area contributed by atoms with Gasteiger partial charge in [-0.15, -0.1) is 0 Å². The number of anilines is 1. The van der Waals surface area contributed by atoms with Crippen molar-refractivity contribution in [2.45, 2.75) is 31.7 Å². The van der Waals surface area contributed by atoms with Gasteiger partial charge in [0.2, 0.25) is 0 Å². The maximum Gasteiger partial charge on any atom is 0.315 e. The standard InChI is InChI=1S/C19H19N3O4S/c23-16(21-18-20-14-5-8-25-10-15(14)27-18)17(24)22-7-6-19(11-22)13-4-2-1-3-12(13)9-26-19/h1-4H,5-11H2,(H,20,21,23)/t19-/m0/s1. The van der Waals surface area contributed by atoms with Crippen LogP contribution < -0.4 is 5.32 Å². The molecule has 7 nitrogen and oxygen atoms in total. The fourth-order valence-corrected chi connectivity index (χ4v) is 4.99. The molecule has 0 aliphatic carbocycles. The van der Waals surface area contributed by atoms with Crippen molar-refractivity contribution in [3.05, 3.63) is 46.0 Å². The van der Waals surface area contributed by atoms with E-state index in [4.69, 9.17) is 9.47 Å². The van der Waals surface area contributed by atoms with Crippen LogP contribution in [-0.2, 0) is 44.3 Å². The third kappa shape index (κ3) is 2.84. The minimum atomic E-state index is -0.648. The number of benzene rings is 1. The highest BCUT2D eigenvalue weighted by molar-refractivity contribution is 7.16. The van der Waals surface area contributed by atoms with Crippen molar-refractivity contribution < 1.29 is 19.1 Å². The Kier molecular flexibility index (Phi) is 3.99. The Morgan fingerprint density at radius 3 is 3.04 bits per heavy atom. The van der Waals surface area contributed by atoms with E-state index in [-0.39, 0.29) is 0 Å². The first-order chi connectivity index (χ1) is 13.1. The van der Waals surface area contributed by atoms with Crippen LogP contribution in [0.2, 0.25) is 0 Å². The number of carbonyl (C=O) groups excluding carboxylic acids is 2. The Labute approximate surface area is 160 Å². The van der Waals surface area contributed by atoms with Crippen LogP contribution in [0.25, 0.3) is 0 Å². The van der Waals surface area contributed by atoms with Gasteiger partial charge in [-0.2, -0.15) is 0 Å². The van der Waals surface area contributed by atoms with Crippen LogP contribution in [0.5, 0.6) is 0 Å². The lowest BCUT2D eigenvalue weighted by molar-refractivity contribution is -0.143. The molecule has 1 fully saturated rings. The van der Waals surface area contributed by atoms with E-state index in [1.807, 2.05) is 12.1 Å². The van der Waals surface area contributed by atoms with Crippen molar-refractivity contribution in [3.8, 4) is 0 Å². The zero-order valence-corrected chi connectivity index (χ0v) is 15.5. The van der Waals surface area contributed by atoms with Gasteiger partial charge in [-0.25, -0.2) is 4.98 Å². The molecule has 27 heavy (non-hydrogen) atoms. The molecule has 5 rings (SSSR count). The number of hydrogen-bond donors (Lipinski definition) is 1. The van der Waals surface area contributed by atoms with E-state index < -0.39 is 17.4 Å². The lowest BCUT2D eigenvalue weighted by atomic mass is 9.92. The van der Waals surface area contributed by atoms with E-state index in [0.29, 0.717) is 44.5 Å². The quantitative estimate of drug-likeness (QED) is 0.758. The molecule has 2 amide bonds. The fourth-order valence-electron chi connectivity index (χ4n) is 4.05. The predicted molar refractivity (Wildman–Crippen MR) is 98.2 cm³/mol. The van der Waals surface area contributed by atoms with E-state index in [1.165, 1.54) is 11.3 Å². The van der Waals surface area contributed by atoms with Crippen LogP contribution in [0.4, 0.5) is 5.13 Å². The van der Waals surface area contributed by atoms with Gasteiger partial charge in [0.25, 0.3) is 0 Å². The molecule has 0 bridgehead atoms. The Morgan fingerprint density at radius 1 is 1.26 bits per heavy atom. The molecule has 1 spiro atoms. The third-order valence-corrected chi connectivity index (χ3v) is 6.43. The summed E-state index contributed by atoms with van der Waals surface area (Å²) in [6, 6.07) is 8.08. The maximum atomic E-state index is 12.7. The molecule has 8 heteroatoms. The Morgan fingerprint density at radius 2 is 2.15 bits per heavy atom. The predicted octanol–water partition coefficient (Wildman–Crippen LogP) is 1.81. The Balaban J connectivity index is 1.28. The van der Waals surface area contributed by atoms with E-state index in [0.717, 1.165) is 28.1 Å². The zero-order chi connectivity index (χ0) is 18.4. The molecule has 1 saturated heterocycles. The van der Waals surface area contributed by atoms with Gasteiger partial charge in [0.15, 0.2) is 5.13 Å². The van der Waals surface area contributed by atoms with Crippen molar-refractivity contribution in [2.24, 2.45) is 0 Å². The highest BCUT2D eigenvalue weighted by Crippen LogP contribution is 2.43. The summed E-state index contributed by atoms with van der Waals surface area (Å²) in [4.78, 5) is 32.1. The van der Waals surface area contributed by atoms with Crippen molar-refractivity contribution >= 4 is 28.3 Å². The van der Waals surface area contributed by atoms with Crippen molar-refractivity contribution in [3.63, 3.8) is 0 Å². The number of aromatic nitrogens is 1. The van der Waals surface area contributed by atoms with Crippen molar-refractivity contribution in [1.82, 2.24) is 9.88 Å². The van der Waals surface area contributed by atoms with E-state index >= 15 is 0 Å². The van der Waals surface area contributed by atoms with Crippen LogP contribution in [0.3, 0.4) is 0 Å². The summed E-state index contributed by atoms with van der Waals surface area (Å²) in [7, 11) is 0.